The fourth-order valence-corrected chi connectivity index (χ4v) is 2.79. The predicted octanol–water partition coefficient (Wildman–Crippen LogP) is 1.77. The van der Waals surface area contributed by atoms with Gasteiger partial charge >= 0.3 is 5.97 Å². The standard InChI is InChI=1S/C20H27NO6/c1-3-21-14-17(20(24)27-4-2)19(23)16-13-15(5-6-18(16)21)7-9-25-11-12-26-10-8-22/h5-6,13-14,22H,3-4,7-12H2,1-2H3. The highest BCUT2D eigenvalue weighted by Crippen LogP contribution is 2.16. The van der Waals surface area contributed by atoms with Crippen molar-refractivity contribution in [2.75, 3.05) is 39.6 Å². The van der Waals surface area contributed by atoms with Crippen LogP contribution < -0.4 is 5.43 Å². The minimum absolute atomic E-state index is 0.000164. The summed E-state index contributed by atoms with van der Waals surface area (Å²) in [5, 5.41) is 9.13. The van der Waals surface area contributed by atoms with Crippen molar-refractivity contribution >= 4 is 16.9 Å². The molecule has 7 heteroatoms. The van der Waals surface area contributed by atoms with E-state index in [1.165, 1.54) is 0 Å². The minimum atomic E-state index is -0.594. The van der Waals surface area contributed by atoms with Crippen LogP contribution in [0.1, 0.15) is 29.8 Å². The number of aliphatic hydroxyl groups is 1. The molecule has 0 amide bonds. The third kappa shape index (κ3) is 5.63. The Balaban J connectivity index is 2.15. The number of ether oxygens (including phenoxy) is 3. The van der Waals surface area contributed by atoms with Gasteiger partial charge in [0, 0.05) is 18.1 Å². The lowest BCUT2D eigenvalue weighted by atomic mass is 10.1. The number of aromatic nitrogens is 1. The Morgan fingerprint density at radius 2 is 1.85 bits per heavy atom. The Morgan fingerprint density at radius 3 is 2.52 bits per heavy atom. The highest BCUT2D eigenvalue weighted by atomic mass is 16.5. The lowest BCUT2D eigenvalue weighted by Gasteiger charge is -2.12. The van der Waals surface area contributed by atoms with Crippen LogP contribution in [-0.4, -0.2) is 55.3 Å². The van der Waals surface area contributed by atoms with Crippen LogP contribution in [-0.2, 0) is 27.2 Å². The van der Waals surface area contributed by atoms with Gasteiger partial charge in [0.2, 0.25) is 5.43 Å². The van der Waals surface area contributed by atoms with E-state index in [2.05, 4.69) is 0 Å². The minimum Gasteiger partial charge on any atom is -0.462 e. The van der Waals surface area contributed by atoms with Gasteiger partial charge in [0.05, 0.1) is 45.2 Å². The highest BCUT2D eigenvalue weighted by Gasteiger charge is 2.16. The van der Waals surface area contributed by atoms with Crippen LogP contribution in [0.2, 0.25) is 0 Å². The maximum atomic E-state index is 12.8. The van der Waals surface area contributed by atoms with E-state index in [1.54, 1.807) is 13.1 Å². The molecule has 0 aliphatic heterocycles. The van der Waals surface area contributed by atoms with Crippen LogP contribution in [0.15, 0.2) is 29.2 Å². The Morgan fingerprint density at radius 1 is 1.11 bits per heavy atom. The van der Waals surface area contributed by atoms with Crippen LogP contribution in [0.25, 0.3) is 10.9 Å². The summed E-state index contributed by atoms with van der Waals surface area (Å²) < 4.78 is 17.5. The van der Waals surface area contributed by atoms with Crippen molar-refractivity contribution in [3.05, 3.63) is 45.7 Å². The smallest absolute Gasteiger partial charge is 0.343 e. The first-order valence-corrected chi connectivity index (χ1v) is 9.21. The summed E-state index contributed by atoms with van der Waals surface area (Å²) in [5.74, 6) is -0.594. The molecule has 0 aliphatic carbocycles. The number of fused-ring (bicyclic) bond motifs is 1. The van der Waals surface area contributed by atoms with Gasteiger partial charge in [-0.05, 0) is 38.0 Å². The summed E-state index contributed by atoms with van der Waals surface area (Å²) in [6.45, 7) is 6.21. The number of pyridine rings is 1. The molecule has 0 atom stereocenters. The molecule has 1 N–H and O–H groups in total. The maximum absolute atomic E-state index is 12.8. The molecule has 0 bridgehead atoms. The Labute approximate surface area is 158 Å². The molecule has 7 nitrogen and oxygen atoms in total. The molecule has 0 aliphatic rings. The fraction of sp³-hybridized carbons (Fsp3) is 0.500. The molecular weight excluding hydrogens is 350 g/mol. The molecule has 2 aromatic rings. The second kappa shape index (κ2) is 10.8. The van der Waals surface area contributed by atoms with E-state index in [4.69, 9.17) is 19.3 Å². The van der Waals surface area contributed by atoms with Crippen LogP contribution >= 0.6 is 0 Å². The number of nitrogens with zero attached hydrogens (tertiary/aromatic N) is 1. The van der Waals surface area contributed by atoms with E-state index in [0.29, 0.717) is 44.8 Å². The zero-order valence-corrected chi connectivity index (χ0v) is 15.9. The molecule has 1 heterocycles. The number of hydrogen-bond acceptors (Lipinski definition) is 6. The molecule has 2 rings (SSSR count). The first-order chi connectivity index (χ1) is 13.1. The van der Waals surface area contributed by atoms with Gasteiger partial charge in [-0.2, -0.15) is 0 Å². The second-order valence-electron chi connectivity index (χ2n) is 5.93. The van der Waals surface area contributed by atoms with Crippen molar-refractivity contribution in [2.24, 2.45) is 0 Å². The molecule has 0 radical (unpaired) electrons. The van der Waals surface area contributed by atoms with Crippen molar-refractivity contribution in [3.63, 3.8) is 0 Å². The Bertz CT molecular complexity index is 814. The highest BCUT2D eigenvalue weighted by molar-refractivity contribution is 5.93. The van der Waals surface area contributed by atoms with Gasteiger partial charge in [-0.3, -0.25) is 4.79 Å². The maximum Gasteiger partial charge on any atom is 0.343 e. The average Bonchev–Trinajstić information content (AvgIpc) is 2.68. The SMILES string of the molecule is CCOC(=O)c1cn(CC)c2ccc(CCOCCOCCO)cc2c1=O. The van der Waals surface area contributed by atoms with Crippen molar-refractivity contribution < 1.29 is 24.1 Å². The average molecular weight is 377 g/mol. The number of esters is 1. The summed E-state index contributed by atoms with van der Waals surface area (Å²) in [6, 6.07) is 5.68. The monoisotopic (exact) mass is 377 g/mol. The molecule has 1 aromatic carbocycles. The zero-order valence-electron chi connectivity index (χ0n) is 15.9. The third-order valence-electron chi connectivity index (χ3n) is 4.12. The first-order valence-electron chi connectivity index (χ1n) is 9.21. The number of hydrogen-bond donors (Lipinski definition) is 1. The van der Waals surface area contributed by atoms with E-state index in [0.717, 1.165) is 11.1 Å². The molecule has 27 heavy (non-hydrogen) atoms. The summed E-state index contributed by atoms with van der Waals surface area (Å²) in [7, 11) is 0. The fourth-order valence-electron chi connectivity index (χ4n) is 2.79. The lowest BCUT2D eigenvalue weighted by Crippen LogP contribution is -2.21. The van der Waals surface area contributed by atoms with Crippen LogP contribution in [0.4, 0.5) is 0 Å². The van der Waals surface area contributed by atoms with Crippen molar-refractivity contribution in [1.29, 1.82) is 0 Å². The molecule has 0 saturated carbocycles. The molecule has 1 aromatic heterocycles. The van der Waals surface area contributed by atoms with Gasteiger partial charge in [0.25, 0.3) is 0 Å². The molecular formula is C20H27NO6. The molecule has 0 unspecified atom stereocenters. The number of benzene rings is 1. The van der Waals surface area contributed by atoms with Crippen LogP contribution in [0.3, 0.4) is 0 Å². The first kappa shape index (κ1) is 21.1. The Hall–Kier alpha value is -2.22. The second-order valence-corrected chi connectivity index (χ2v) is 5.93. The van der Waals surface area contributed by atoms with Gasteiger partial charge in [-0.15, -0.1) is 0 Å². The summed E-state index contributed by atoms with van der Waals surface area (Å²) >= 11 is 0. The van der Waals surface area contributed by atoms with Crippen molar-refractivity contribution in [3.8, 4) is 0 Å². The van der Waals surface area contributed by atoms with Gasteiger partial charge in [-0.1, -0.05) is 6.07 Å². The van der Waals surface area contributed by atoms with E-state index in [1.807, 2.05) is 29.7 Å². The number of rotatable bonds is 11. The number of carbonyl (C=O) groups is 1. The van der Waals surface area contributed by atoms with Gasteiger partial charge in [0.15, 0.2) is 0 Å². The summed E-state index contributed by atoms with van der Waals surface area (Å²) in [6.07, 6.45) is 2.21. The molecule has 0 spiro atoms. The normalized spacial score (nSPS) is 11.1. The van der Waals surface area contributed by atoms with E-state index >= 15 is 0 Å². The number of carbonyl (C=O) groups excluding carboxylic acids is 1. The van der Waals surface area contributed by atoms with Crippen LogP contribution in [0, 0.1) is 0 Å². The molecule has 0 fully saturated rings. The zero-order chi connectivity index (χ0) is 19.6. The largest absolute Gasteiger partial charge is 0.462 e. The van der Waals surface area contributed by atoms with E-state index in [9.17, 15) is 9.59 Å². The van der Waals surface area contributed by atoms with E-state index < -0.39 is 5.97 Å². The van der Waals surface area contributed by atoms with Gasteiger partial charge in [-0.25, -0.2) is 4.79 Å². The molecule has 148 valence electrons. The lowest BCUT2D eigenvalue weighted by molar-refractivity contribution is 0.0340. The van der Waals surface area contributed by atoms with E-state index in [-0.39, 0.29) is 24.2 Å². The summed E-state index contributed by atoms with van der Waals surface area (Å²) in [4.78, 5) is 24.9. The van der Waals surface area contributed by atoms with Crippen molar-refractivity contribution in [1.82, 2.24) is 4.57 Å². The van der Waals surface area contributed by atoms with Gasteiger partial charge in [0.1, 0.15) is 5.56 Å². The predicted molar refractivity (Wildman–Crippen MR) is 102 cm³/mol. The number of aliphatic hydroxyl groups excluding tert-OH is 1. The van der Waals surface area contributed by atoms with Gasteiger partial charge < -0.3 is 23.9 Å². The summed E-state index contributed by atoms with van der Waals surface area (Å²) in [5.41, 5.74) is 1.49. The number of aryl methyl sites for hydroxylation is 1. The van der Waals surface area contributed by atoms with Crippen LogP contribution in [0.5, 0.6) is 0 Å². The topological polar surface area (TPSA) is 87.0 Å². The third-order valence-corrected chi connectivity index (χ3v) is 4.12. The quantitative estimate of drug-likeness (QED) is 0.474. The van der Waals surface area contributed by atoms with Crippen molar-refractivity contribution in [2.45, 2.75) is 26.8 Å². The Kier molecular flexibility index (Phi) is 8.44. The molecule has 0 saturated heterocycles.